The molecule has 0 unspecified atom stereocenters. The molecule has 9 heteroatoms. The highest BCUT2D eigenvalue weighted by atomic mass is 35.5. The molecule has 0 spiro atoms. The molecule has 1 atom stereocenters. The van der Waals surface area contributed by atoms with Crippen molar-refractivity contribution in [1.29, 1.82) is 0 Å². The average molecular weight is 549 g/mol. The molecule has 2 amide bonds. The van der Waals surface area contributed by atoms with Crippen LogP contribution in [-0.2, 0) is 9.59 Å². The number of hydrogen-bond donors (Lipinski definition) is 1. The van der Waals surface area contributed by atoms with E-state index < -0.39 is 0 Å². The Labute approximate surface area is 229 Å². The molecule has 0 bridgehead atoms. The summed E-state index contributed by atoms with van der Waals surface area (Å²) in [5.74, 6) is -0.208. The van der Waals surface area contributed by atoms with E-state index in [1.54, 1.807) is 22.9 Å². The monoisotopic (exact) mass is 548 g/mol. The van der Waals surface area contributed by atoms with Gasteiger partial charge in [0.1, 0.15) is 18.2 Å². The van der Waals surface area contributed by atoms with E-state index in [0.29, 0.717) is 28.8 Å². The first-order valence-corrected chi connectivity index (χ1v) is 13.8. The number of hydrogen-bond acceptors (Lipinski definition) is 4. The molecule has 3 aromatic carbocycles. The lowest BCUT2D eigenvalue weighted by molar-refractivity contribution is -0.122. The Morgan fingerprint density at radius 1 is 1.08 bits per heavy atom. The number of para-hydroxylation sites is 1. The normalized spacial score (nSPS) is 15.2. The molecule has 0 radical (unpaired) electrons. The summed E-state index contributed by atoms with van der Waals surface area (Å²) in [5.41, 5.74) is 3.70. The van der Waals surface area contributed by atoms with Gasteiger partial charge < -0.3 is 5.32 Å². The standard InChI is InChI=1S/C29H26ClFN4O2S/c1-2-16-32-24(36)17-34-25(37)18-38-28(20-12-14-21(31)15-13-20)26-27(19-8-4-3-5-9-19)33-35(29(26)34)23-11-7-6-10-22(23)30/h3-15,28H,2,16-18H2,1H3,(H,32,36)/t28-/m0/s1. The van der Waals surface area contributed by atoms with E-state index in [0.717, 1.165) is 23.1 Å². The number of halogens is 2. The molecule has 6 nitrogen and oxygen atoms in total. The van der Waals surface area contributed by atoms with Crippen LogP contribution in [0.2, 0.25) is 5.02 Å². The van der Waals surface area contributed by atoms with Gasteiger partial charge in [-0.05, 0) is 36.2 Å². The highest BCUT2D eigenvalue weighted by Crippen LogP contribution is 2.48. The summed E-state index contributed by atoms with van der Waals surface area (Å²) in [6.07, 6.45) is 0.781. The highest BCUT2D eigenvalue weighted by molar-refractivity contribution is 8.00. The van der Waals surface area contributed by atoms with Crippen molar-refractivity contribution >= 4 is 41.0 Å². The number of fused-ring (bicyclic) bond motifs is 1. The van der Waals surface area contributed by atoms with Gasteiger partial charge in [-0.3, -0.25) is 14.5 Å². The summed E-state index contributed by atoms with van der Waals surface area (Å²) in [6, 6.07) is 23.2. The summed E-state index contributed by atoms with van der Waals surface area (Å²) in [5, 5.41) is 7.99. The van der Waals surface area contributed by atoms with Crippen molar-refractivity contribution < 1.29 is 14.0 Å². The third-order valence-electron chi connectivity index (χ3n) is 6.26. The zero-order valence-electron chi connectivity index (χ0n) is 20.7. The minimum atomic E-state index is -0.343. The van der Waals surface area contributed by atoms with Crippen molar-refractivity contribution in [1.82, 2.24) is 15.1 Å². The molecule has 194 valence electrons. The Hall–Kier alpha value is -3.62. The molecule has 1 aliphatic rings. The number of benzene rings is 3. The third-order valence-corrected chi connectivity index (χ3v) is 7.84. The smallest absolute Gasteiger partial charge is 0.240 e. The quantitative estimate of drug-likeness (QED) is 0.306. The Morgan fingerprint density at radius 3 is 2.50 bits per heavy atom. The van der Waals surface area contributed by atoms with Crippen molar-refractivity contribution in [3.63, 3.8) is 0 Å². The predicted octanol–water partition coefficient (Wildman–Crippen LogP) is 6.03. The van der Waals surface area contributed by atoms with E-state index in [9.17, 15) is 14.0 Å². The van der Waals surface area contributed by atoms with E-state index in [4.69, 9.17) is 16.7 Å². The number of anilines is 1. The number of aromatic nitrogens is 2. The van der Waals surface area contributed by atoms with E-state index in [2.05, 4.69) is 5.32 Å². The van der Waals surface area contributed by atoms with Crippen LogP contribution in [0.15, 0.2) is 78.9 Å². The molecule has 1 N–H and O–H groups in total. The van der Waals surface area contributed by atoms with E-state index >= 15 is 0 Å². The number of thioether (sulfide) groups is 1. The van der Waals surface area contributed by atoms with Crippen LogP contribution < -0.4 is 10.2 Å². The fourth-order valence-electron chi connectivity index (χ4n) is 4.48. The van der Waals surface area contributed by atoms with E-state index in [1.807, 2.05) is 55.5 Å². The van der Waals surface area contributed by atoms with Gasteiger partial charge in [-0.15, -0.1) is 11.8 Å². The van der Waals surface area contributed by atoms with Crippen LogP contribution in [-0.4, -0.2) is 40.4 Å². The molecule has 38 heavy (non-hydrogen) atoms. The number of amides is 2. The minimum Gasteiger partial charge on any atom is -0.355 e. The molecule has 1 aromatic heterocycles. The highest BCUT2D eigenvalue weighted by Gasteiger charge is 2.38. The topological polar surface area (TPSA) is 67.2 Å². The van der Waals surface area contributed by atoms with Crippen molar-refractivity contribution in [2.45, 2.75) is 18.6 Å². The van der Waals surface area contributed by atoms with Gasteiger partial charge in [-0.1, -0.05) is 73.1 Å². The SMILES string of the molecule is CCCNC(=O)CN1C(=O)CS[C@@H](c2ccc(F)cc2)c2c(-c3ccccc3)nn(-c3ccccc3Cl)c21. The lowest BCUT2D eigenvalue weighted by Gasteiger charge is -2.23. The number of carbonyl (C=O) groups excluding carboxylic acids is 2. The fourth-order valence-corrected chi connectivity index (χ4v) is 5.90. The fraction of sp³-hybridized carbons (Fsp3) is 0.207. The van der Waals surface area contributed by atoms with Gasteiger partial charge in [0.2, 0.25) is 11.8 Å². The van der Waals surface area contributed by atoms with Crippen molar-refractivity contribution in [2.24, 2.45) is 0 Å². The van der Waals surface area contributed by atoms with Crippen molar-refractivity contribution in [2.75, 3.05) is 23.7 Å². The largest absolute Gasteiger partial charge is 0.355 e. The number of nitrogens with one attached hydrogen (secondary N) is 1. The zero-order valence-corrected chi connectivity index (χ0v) is 22.3. The summed E-state index contributed by atoms with van der Waals surface area (Å²) in [4.78, 5) is 28.0. The first-order valence-electron chi connectivity index (χ1n) is 12.3. The molecule has 5 rings (SSSR count). The summed E-state index contributed by atoms with van der Waals surface area (Å²) >= 11 is 8.07. The van der Waals surface area contributed by atoms with Gasteiger partial charge in [-0.2, -0.15) is 5.10 Å². The Kier molecular flexibility index (Phi) is 7.81. The third kappa shape index (κ3) is 5.19. The molecule has 0 fully saturated rings. The lowest BCUT2D eigenvalue weighted by atomic mass is 9.99. The second-order valence-corrected chi connectivity index (χ2v) is 10.4. The van der Waals surface area contributed by atoms with Crippen LogP contribution in [0.5, 0.6) is 0 Å². The van der Waals surface area contributed by atoms with Crippen molar-refractivity contribution in [3.8, 4) is 16.9 Å². The molecule has 2 heterocycles. The van der Waals surface area contributed by atoms with Crippen molar-refractivity contribution in [3.05, 3.63) is 101 Å². The average Bonchev–Trinajstić information content (AvgIpc) is 3.25. The van der Waals surface area contributed by atoms with Gasteiger partial charge in [0.15, 0.2) is 0 Å². The Balaban J connectivity index is 1.79. The van der Waals surface area contributed by atoms with E-state index in [-0.39, 0.29) is 35.2 Å². The van der Waals surface area contributed by atoms with Gasteiger partial charge in [0.05, 0.1) is 27.4 Å². The number of carbonyl (C=O) groups is 2. The van der Waals surface area contributed by atoms with Crippen LogP contribution in [0.25, 0.3) is 16.9 Å². The molecular formula is C29H26ClFN4O2S. The maximum absolute atomic E-state index is 13.9. The summed E-state index contributed by atoms with van der Waals surface area (Å²) < 4.78 is 15.5. The predicted molar refractivity (Wildman–Crippen MR) is 150 cm³/mol. The Morgan fingerprint density at radius 2 is 1.79 bits per heavy atom. The summed E-state index contributed by atoms with van der Waals surface area (Å²) in [6.45, 7) is 2.32. The maximum Gasteiger partial charge on any atom is 0.240 e. The molecule has 0 saturated heterocycles. The van der Waals surface area contributed by atoms with Crippen LogP contribution in [0.4, 0.5) is 10.2 Å². The molecule has 0 saturated carbocycles. The van der Waals surface area contributed by atoms with Gasteiger partial charge in [0.25, 0.3) is 0 Å². The first kappa shape index (κ1) is 26.0. The number of nitrogens with zero attached hydrogens (tertiary/aromatic N) is 3. The summed E-state index contributed by atoms with van der Waals surface area (Å²) in [7, 11) is 0. The number of rotatable bonds is 7. The van der Waals surface area contributed by atoms with Gasteiger partial charge in [-0.25, -0.2) is 9.07 Å². The van der Waals surface area contributed by atoms with Gasteiger partial charge >= 0.3 is 0 Å². The van der Waals surface area contributed by atoms with Crippen LogP contribution in [0, 0.1) is 5.82 Å². The second-order valence-electron chi connectivity index (χ2n) is 8.89. The second kappa shape index (κ2) is 11.4. The maximum atomic E-state index is 13.9. The van der Waals surface area contributed by atoms with Crippen LogP contribution in [0.3, 0.4) is 0 Å². The van der Waals surface area contributed by atoms with E-state index in [1.165, 1.54) is 28.8 Å². The molecule has 1 aliphatic heterocycles. The lowest BCUT2D eigenvalue weighted by Crippen LogP contribution is -2.42. The minimum absolute atomic E-state index is 0.133. The van der Waals surface area contributed by atoms with Gasteiger partial charge in [0, 0.05) is 17.7 Å². The first-order chi connectivity index (χ1) is 18.5. The molecule has 0 aliphatic carbocycles. The zero-order chi connectivity index (χ0) is 26.6. The molecular weight excluding hydrogens is 523 g/mol. The van der Waals surface area contributed by atoms with Crippen LogP contribution >= 0.6 is 23.4 Å². The van der Waals surface area contributed by atoms with Crippen LogP contribution in [0.1, 0.15) is 29.7 Å². The Bertz CT molecular complexity index is 1460. The molecule has 4 aromatic rings.